The molecule has 1 aliphatic carbocycles. The van der Waals surface area contributed by atoms with E-state index in [0.29, 0.717) is 12.1 Å². The van der Waals surface area contributed by atoms with Gasteiger partial charge in [0.1, 0.15) is 0 Å². The number of piperidine rings is 1. The van der Waals surface area contributed by atoms with Gasteiger partial charge in [0.25, 0.3) is 0 Å². The number of hydrogen-bond donors (Lipinski definition) is 2. The van der Waals surface area contributed by atoms with Crippen LogP contribution in [-0.2, 0) is 0 Å². The van der Waals surface area contributed by atoms with Crippen molar-refractivity contribution in [3.8, 4) is 0 Å². The fourth-order valence-electron chi connectivity index (χ4n) is 4.04. The Kier molecular flexibility index (Phi) is 5.99. The topological polar surface area (TPSA) is 62.2 Å². The van der Waals surface area contributed by atoms with Crippen molar-refractivity contribution in [3.63, 3.8) is 0 Å². The van der Waals surface area contributed by atoms with Crippen LogP contribution in [0.2, 0.25) is 0 Å². The molecule has 2 amide bonds. The third-order valence-corrected chi connectivity index (χ3v) is 5.70. The van der Waals surface area contributed by atoms with Crippen LogP contribution in [0.4, 0.5) is 4.79 Å². The lowest BCUT2D eigenvalue weighted by Gasteiger charge is -2.36. The fraction of sp³-hybridized carbons (Fsp3) is 0.789. The summed E-state index contributed by atoms with van der Waals surface area (Å²) in [5.41, 5.74) is 1.04. The first-order valence-electron chi connectivity index (χ1n) is 9.88. The summed E-state index contributed by atoms with van der Waals surface area (Å²) in [4.78, 5) is 14.9. The second kappa shape index (κ2) is 8.21. The van der Waals surface area contributed by atoms with E-state index in [1.165, 1.54) is 25.7 Å². The van der Waals surface area contributed by atoms with Gasteiger partial charge in [0.05, 0.1) is 12.2 Å². The zero-order valence-corrected chi connectivity index (χ0v) is 15.9. The predicted octanol–water partition coefficient (Wildman–Crippen LogP) is 3.23. The number of aromatic nitrogens is 2. The third kappa shape index (κ3) is 4.75. The summed E-state index contributed by atoms with van der Waals surface area (Å²) in [6, 6.07) is 1.32. The van der Waals surface area contributed by atoms with E-state index in [-0.39, 0.29) is 12.1 Å². The van der Waals surface area contributed by atoms with Gasteiger partial charge >= 0.3 is 6.03 Å². The predicted molar refractivity (Wildman–Crippen MR) is 99.5 cm³/mol. The van der Waals surface area contributed by atoms with Gasteiger partial charge < -0.3 is 15.5 Å². The van der Waals surface area contributed by atoms with Crippen LogP contribution in [0.15, 0.2) is 12.4 Å². The molecule has 2 fully saturated rings. The fourth-order valence-corrected chi connectivity index (χ4v) is 4.04. The summed E-state index contributed by atoms with van der Waals surface area (Å²) in [5, 5.41) is 10.5. The smallest absolute Gasteiger partial charge is 0.315 e. The standard InChI is InChI=1S/C19H33N5O/c1-14(2)24-13-16(12-20-24)15(3)21-19(25)22-17-8-10-23(11-9-17)18-6-4-5-7-18/h12-15,17-18H,4-11H2,1-3H3,(H2,21,22,25)/t15-/m1/s1. The minimum atomic E-state index is -0.0656. The molecule has 2 aliphatic rings. The minimum absolute atomic E-state index is 0.0360. The highest BCUT2D eigenvalue weighted by molar-refractivity contribution is 5.74. The molecule has 1 aromatic rings. The highest BCUT2D eigenvalue weighted by Crippen LogP contribution is 2.26. The number of likely N-dealkylation sites (tertiary alicyclic amines) is 1. The highest BCUT2D eigenvalue weighted by atomic mass is 16.2. The molecule has 1 aromatic heterocycles. The molecule has 6 nitrogen and oxygen atoms in total. The van der Waals surface area contributed by atoms with Gasteiger partial charge in [0.2, 0.25) is 0 Å². The lowest BCUT2D eigenvalue weighted by atomic mass is 10.0. The number of rotatable bonds is 5. The van der Waals surface area contributed by atoms with Crippen LogP contribution in [0.25, 0.3) is 0 Å². The lowest BCUT2D eigenvalue weighted by Crippen LogP contribution is -2.49. The second-order valence-electron chi connectivity index (χ2n) is 7.94. The van der Waals surface area contributed by atoms with Crippen molar-refractivity contribution in [2.75, 3.05) is 13.1 Å². The van der Waals surface area contributed by atoms with E-state index < -0.39 is 0 Å². The van der Waals surface area contributed by atoms with Crippen molar-refractivity contribution in [2.24, 2.45) is 0 Å². The van der Waals surface area contributed by atoms with Gasteiger partial charge in [0, 0.05) is 43.0 Å². The Hall–Kier alpha value is -1.56. The number of carbonyl (C=O) groups excluding carboxylic acids is 1. The quantitative estimate of drug-likeness (QED) is 0.859. The van der Waals surface area contributed by atoms with E-state index in [0.717, 1.165) is 37.5 Å². The number of nitrogens with zero attached hydrogens (tertiary/aromatic N) is 3. The second-order valence-corrected chi connectivity index (χ2v) is 7.94. The number of urea groups is 1. The van der Waals surface area contributed by atoms with Crippen LogP contribution in [0.3, 0.4) is 0 Å². The number of amides is 2. The molecular formula is C19H33N5O. The Morgan fingerprint density at radius 1 is 1.16 bits per heavy atom. The Morgan fingerprint density at radius 3 is 2.44 bits per heavy atom. The van der Waals surface area contributed by atoms with Crippen LogP contribution in [-0.4, -0.2) is 45.9 Å². The molecule has 1 saturated heterocycles. The van der Waals surface area contributed by atoms with E-state index >= 15 is 0 Å². The summed E-state index contributed by atoms with van der Waals surface area (Å²) in [6.45, 7) is 8.43. The van der Waals surface area contributed by atoms with Gasteiger partial charge in [-0.3, -0.25) is 4.68 Å². The van der Waals surface area contributed by atoms with Gasteiger partial charge in [-0.2, -0.15) is 5.10 Å². The average molecular weight is 348 g/mol. The van der Waals surface area contributed by atoms with Crippen molar-refractivity contribution in [1.29, 1.82) is 0 Å². The summed E-state index contributed by atoms with van der Waals surface area (Å²) in [5.74, 6) is 0. The number of carbonyl (C=O) groups is 1. The van der Waals surface area contributed by atoms with Gasteiger partial charge in [-0.1, -0.05) is 12.8 Å². The summed E-state index contributed by atoms with van der Waals surface area (Å²) < 4.78 is 1.92. The van der Waals surface area contributed by atoms with E-state index in [9.17, 15) is 4.79 Å². The molecule has 0 spiro atoms. The maximum Gasteiger partial charge on any atom is 0.315 e. The van der Waals surface area contributed by atoms with Crippen LogP contribution in [0, 0.1) is 0 Å². The van der Waals surface area contributed by atoms with Crippen molar-refractivity contribution < 1.29 is 4.79 Å². The first-order chi connectivity index (χ1) is 12.0. The molecule has 1 aliphatic heterocycles. The molecule has 1 atom stereocenters. The van der Waals surface area contributed by atoms with E-state index in [2.05, 4.69) is 34.5 Å². The van der Waals surface area contributed by atoms with Gasteiger partial charge in [-0.05, 0) is 46.5 Å². The molecule has 140 valence electrons. The van der Waals surface area contributed by atoms with Crippen molar-refractivity contribution >= 4 is 6.03 Å². The molecular weight excluding hydrogens is 314 g/mol. The van der Waals surface area contributed by atoms with Crippen LogP contribution < -0.4 is 10.6 Å². The Morgan fingerprint density at radius 2 is 1.84 bits per heavy atom. The lowest BCUT2D eigenvalue weighted by molar-refractivity contribution is 0.145. The van der Waals surface area contributed by atoms with Crippen molar-refractivity contribution in [3.05, 3.63) is 18.0 Å². The number of hydrogen-bond acceptors (Lipinski definition) is 3. The summed E-state index contributed by atoms with van der Waals surface area (Å²) in [6.07, 6.45) is 11.5. The average Bonchev–Trinajstić information content (AvgIpc) is 3.27. The van der Waals surface area contributed by atoms with E-state index in [1.807, 2.05) is 24.0 Å². The molecule has 0 aromatic carbocycles. The van der Waals surface area contributed by atoms with Crippen LogP contribution in [0.5, 0.6) is 0 Å². The van der Waals surface area contributed by atoms with Crippen LogP contribution >= 0.6 is 0 Å². The third-order valence-electron chi connectivity index (χ3n) is 5.70. The normalized spacial score (nSPS) is 21.6. The summed E-state index contributed by atoms with van der Waals surface area (Å²) in [7, 11) is 0. The Labute approximate surface area is 151 Å². The van der Waals surface area contributed by atoms with Crippen LogP contribution in [0.1, 0.15) is 76.9 Å². The molecule has 3 rings (SSSR count). The summed E-state index contributed by atoms with van der Waals surface area (Å²) >= 11 is 0. The first-order valence-corrected chi connectivity index (χ1v) is 9.88. The minimum Gasteiger partial charge on any atom is -0.335 e. The Balaban J connectivity index is 1.41. The SMILES string of the molecule is CC(C)n1cc([C@@H](C)NC(=O)NC2CCN(C3CCCC3)CC2)cn1. The molecule has 0 bridgehead atoms. The maximum atomic E-state index is 12.3. The number of nitrogens with one attached hydrogen (secondary N) is 2. The van der Waals surface area contributed by atoms with Crippen molar-refractivity contribution in [2.45, 2.75) is 83.5 Å². The largest absolute Gasteiger partial charge is 0.335 e. The molecule has 0 radical (unpaired) electrons. The van der Waals surface area contributed by atoms with Gasteiger partial charge in [-0.15, -0.1) is 0 Å². The Bertz CT molecular complexity index is 556. The zero-order valence-electron chi connectivity index (χ0n) is 15.9. The monoisotopic (exact) mass is 347 g/mol. The van der Waals surface area contributed by atoms with E-state index in [4.69, 9.17) is 0 Å². The molecule has 2 N–H and O–H groups in total. The molecule has 25 heavy (non-hydrogen) atoms. The van der Waals surface area contributed by atoms with Gasteiger partial charge in [0.15, 0.2) is 0 Å². The van der Waals surface area contributed by atoms with Gasteiger partial charge in [-0.25, -0.2) is 4.79 Å². The van der Waals surface area contributed by atoms with Crippen molar-refractivity contribution in [1.82, 2.24) is 25.3 Å². The molecule has 0 unspecified atom stereocenters. The van der Waals surface area contributed by atoms with E-state index in [1.54, 1.807) is 0 Å². The highest BCUT2D eigenvalue weighted by Gasteiger charge is 2.27. The molecule has 2 heterocycles. The molecule has 1 saturated carbocycles. The maximum absolute atomic E-state index is 12.3. The molecule has 6 heteroatoms. The first kappa shape index (κ1) is 18.2. The zero-order chi connectivity index (χ0) is 17.8.